The normalized spacial score (nSPS) is 12.9. The molecule has 0 unspecified atom stereocenters. The fraction of sp³-hybridized carbons (Fsp3) is 0.278. The van der Waals surface area contributed by atoms with Gasteiger partial charge in [-0.25, -0.2) is 4.79 Å². The number of hydrogen-bond donors (Lipinski definition) is 3. The molecule has 0 radical (unpaired) electrons. The second-order valence-electron chi connectivity index (χ2n) is 5.54. The molecule has 1 aliphatic heterocycles. The van der Waals surface area contributed by atoms with Crippen LogP contribution in [0.1, 0.15) is 17.5 Å². The van der Waals surface area contributed by atoms with E-state index in [0.29, 0.717) is 25.3 Å². The Kier molecular flexibility index (Phi) is 4.66. The van der Waals surface area contributed by atoms with E-state index in [2.05, 4.69) is 10.6 Å². The van der Waals surface area contributed by atoms with Gasteiger partial charge < -0.3 is 20.5 Å². The topological polar surface area (TPSA) is 70.6 Å². The SMILES string of the molecule is O=C(NCCc1ccc(O)cc1)Nc1cccc2c1OCCC2. The summed E-state index contributed by atoms with van der Waals surface area (Å²) < 4.78 is 5.67. The zero-order valence-corrected chi connectivity index (χ0v) is 12.8. The molecule has 2 amide bonds. The molecule has 5 nitrogen and oxygen atoms in total. The molecular formula is C18H20N2O3. The average Bonchev–Trinajstić information content (AvgIpc) is 2.57. The summed E-state index contributed by atoms with van der Waals surface area (Å²) in [7, 11) is 0. The van der Waals surface area contributed by atoms with Crippen LogP contribution in [0.4, 0.5) is 10.5 Å². The van der Waals surface area contributed by atoms with Crippen molar-refractivity contribution in [3.63, 3.8) is 0 Å². The molecule has 0 spiro atoms. The molecule has 0 aromatic heterocycles. The minimum absolute atomic E-state index is 0.244. The minimum Gasteiger partial charge on any atom is -0.508 e. The van der Waals surface area contributed by atoms with E-state index in [1.165, 1.54) is 0 Å². The van der Waals surface area contributed by atoms with E-state index in [1.54, 1.807) is 12.1 Å². The lowest BCUT2D eigenvalue weighted by molar-refractivity contribution is 0.251. The van der Waals surface area contributed by atoms with Crippen molar-refractivity contribution < 1.29 is 14.6 Å². The lowest BCUT2D eigenvalue weighted by atomic mass is 10.1. The number of aromatic hydroxyl groups is 1. The maximum absolute atomic E-state index is 12.0. The summed E-state index contributed by atoms with van der Waals surface area (Å²) in [5.74, 6) is 1.03. The van der Waals surface area contributed by atoms with E-state index in [0.717, 1.165) is 29.7 Å². The van der Waals surface area contributed by atoms with E-state index < -0.39 is 0 Å². The molecular weight excluding hydrogens is 292 g/mol. The number of phenolic OH excluding ortho intramolecular Hbond substituents is 1. The zero-order valence-electron chi connectivity index (χ0n) is 12.8. The number of phenols is 1. The predicted molar refractivity (Wildman–Crippen MR) is 89.1 cm³/mol. The van der Waals surface area contributed by atoms with E-state index in [4.69, 9.17) is 4.74 Å². The molecule has 2 aromatic carbocycles. The van der Waals surface area contributed by atoms with Crippen LogP contribution >= 0.6 is 0 Å². The fourth-order valence-corrected chi connectivity index (χ4v) is 2.64. The molecule has 0 atom stereocenters. The number of nitrogens with one attached hydrogen (secondary N) is 2. The van der Waals surface area contributed by atoms with Crippen LogP contribution in [0.2, 0.25) is 0 Å². The van der Waals surface area contributed by atoms with Crippen LogP contribution in [-0.2, 0) is 12.8 Å². The van der Waals surface area contributed by atoms with Gasteiger partial charge in [0.1, 0.15) is 11.5 Å². The van der Waals surface area contributed by atoms with Crippen molar-refractivity contribution in [2.75, 3.05) is 18.5 Å². The average molecular weight is 312 g/mol. The monoisotopic (exact) mass is 312 g/mol. The van der Waals surface area contributed by atoms with Gasteiger partial charge in [-0.2, -0.15) is 0 Å². The minimum atomic E-state index is -0.244. The number of benzene rings is 2. The molecule has 2 aromatic rings. The number of carbonyl (C=O) groups is 1. The van der Waals surface area contributed by atoms with E-state index >= 15 is 0 Å². The third-order valence-corrected chi connectivity index (χ3v) is 3.82. The van der Waals surface area contributed by atoms with Crippen LogP contribution in [0.5, 0.6) is 11.5 Å². The summed E-state index contributed by atoms with van der Waals surface area (Å²) >= 11 is 0. The van der Waals surface area contributed by atoms with Gasteiger partial charge in [-0.1, -0.05) is 24.3 Å². The van der Waals surface area contributed by atoms with E-state index in [1.807, 2.05) is 30.3 Å². The highest BCUT2D eigenvalue weighted by molar-refractivity contribution is 5.91. The van der Waals surface area contributed by atoms with Gasteiger partial charge in [0.2, 0.25) is 0 Å². The van der Waals surface area contributed by atoms with Gasteiger partial charge >= 0.3 is 6.03 Å². The Morgan fingerprint density at radius 1 is 1.17 bits per heavy atom. The number of carbonyl (C=O) groups excluding carboxylic acids is 1. The number of ether oxygens (including phenoxy) is 1. The Labute approximate surface area is 135 Å². The highest BCUT2D eigenvalue weighted by Gasteiger charge is 2.15. The molecule has 0 saturated carbocycles. The quantitative estimate of drug-likeness (QED) is 0.812. The molecule has 120 valence electrons. The lowest BCUT2D eigenvalue weighted by Crippen LogP contribution is -2.30. The Morgan fingerprint density at radius 2 is 2.00 bits per heavy atom. The summed E-state index contributed by atoms with van der Waals surface area (Å²) in [4.78, 5) is 12.0. The Bertz CT molecular complexity index is 683. The Hall–Kier alpha value is -2.69. The number of aryl methyl sites for hydroxylation is 1. The molecule has 0 fully saturated rings. The first-order chi connectivity index (χ1) is 11.2. The van der Waals surface area contributed by atoms with Gasteiger partial charge in [-0.3, -0.25) is 0 Å². The third kappa shape index (κ3) is 3.94. The van der Waals surface area contributed by atoms with Crippen molar-refractivity contribution in [1.29, 1.82) is 0 Å². The van der Waals surface area contributed by atoms with Gasteiger partial charge in [-0.15, -0.1) is 0 Å². The van der Waals surface area contributed by atoms with Crippen LogP contribution in [0.3, 0.4) is 0 Å². The van der Waals surface area contributed by atoms with Crippen LogP contribution < -0.4 is 15.4 Å². The van der Waals surface area contributed by atoms with Gasteiger partial charge in [0, 0.05) is 6.54 Å². The molecule has 23 heavy (non-hydrogen) atoms. The molecule has 5 heteroatoms. The molecule has 0 bridgehead atoms. The molecule has 1 heterocycles. The van der Waals surface area contributed by atoms with Crippen molar-refractivity contribution in [3.05, 3.63) is 53.6 Å². The third-order valence-electron chi connectivity index (χ3n) is 3.82. The maximum atomic E-state index is 12.0. The van der Waals surface area contributed by atoms with Crippen molar-refractivity contribution in [1.82, 2.24) is 5.32 Å². The van der Waals surface area contributed by atoms with E-state index in [9.17, 15) is 9.90 Å². The smallest absolute Gasteiger partial charge is 0.319 e. The van der Waals surface area contributed by atoms with Crippen molar-refractivity contribution in [2.24, 2.45) is 0 Å². The summed E-state index contributed by atoms with van der Waals surface area (Å²) in [6.07, 6.45) is 2.69. The van der Waals surface area contributed by atoms with Gasteiger partial charge in [-0.05, 0) is 48.6 Å². The first-order valence-corrected chi connectivity index (χ1v) is 7.80. The number of para-hydroxylation sites is 1. The summed E-state index contributed by atoms with van der Waals surface area (Å²) in [6, 6.07) is 12.5. The number of amides is 2. The maximum Gasteiger partial charge on any atom is 0.319 e. The summed E-state index contributed by atoms with van der Waals surface area (Å²) in [5.41, 5.74) is 2.91. The Balaban J connectivity index is 1.52. The van der Waals surface area contributed by atoms with E-state index in [-0.39, 0.29) is 11.8 Å². The second-order valence-corrected chi connectivity index (χ2v) is 5.54. The van der Waals surface area contributed by atoms with Crippen LogP contribution in [0, 0.1) is 0 Å². The van der Waals surface area contributed by atoms with Crippen molar-refractivity contribution >= 4 is 11.7 Å². The van der Waals surface area contributed by atoms with Gasteiger partial charge in [0.05, 0.1) is 12.3 Å². The number of rotatable bonds is 4. The van der Waals surface area contributed by atoms with Crippen molar-refractivity contribution in [3.8, 4) is 11.5 Å². The highest BCUT2D eigenvalue weighted by atomic mass is 16.5. The number of urea groups is 1. The molecule has 0 saturated heterocycles. The second kappa shape index (κ2) is 7.05. The highest BCUT2D eigenvalue weighted by Crippen LogP contribution is 2.32. The Morgan fingerprint density at radius 3 is 2.83 bits per heavy atom. The fourth-order valence-electron chi connectivity index (χ4n) is 2.64. The number of fused-ring (bicyclic) bond motifs is 1. The van der Waals surface area contributed by atoms with Gasteiger partial charge in [0.25, 0.3) is 0 Å². The molecule has 1 aliphatic rings. The molecule has 3 N–H and O–H groups in total. The van der Waals surface area contributed by atoms with Crippen LogP contribution in [0.25, 0.3) is 0 Å². The first-order valence-electron chi connectivity index (χ1n) is 7.80. The number of anilines is 1. The standard InChI is InChI=1S/C18H20N2O3/c21-15-8-6-13(7-9-15)10-11-19-18(22)20-16-5-1-3-14-4-2-12-23-17(14)16/h1,3,5-9,21H,2,4,10-12H2,(H2,19,20,22). The summed E-state index contributed by atoms with van der Waals surface area (Å²) in [5, 5.41) is 14.9. The molecule has 0 aliphatic carbocycles. The van der Waals surface area contributed by atoms with Crippen LogP contribution in [-0.4, -0.2) is 24.3 Å². The van der Waals surface area contributed by atoms with Crippen molar-refractivity contribution in [2.45, 2.75) is 19.3 Å². The van der Waals surface area contributed by atoms with Crippen LogP contribution in [0.15, 0.2) is 42.5 Å². The number of hydrogen-bond acceptors (Lipinski definition) is 3. The first kappa shape index (κ1) is 15.2. The summed E-state index contributed by atoms with van der Waals surface area (Å²) in [6.45, 7) is 1.21. The van der Waals surface area contributed by atoms with Gasteiger partial charge in [0.15, 0.2) is 0 Å². The molecule has 3 rings (SSSR count). The predicted octanol–water partition coefficient (Wildman–Crippen LogP) is 3.08. The largest absolute Gasteiger partial charge is 0.508 e. The lowest BCUT2D eigenvalue weighted by Gasteiger charge is -2.20. The zero-order chi connectivity index (χ0) is 16.1.